The van der Waals surface area contributed by atoms with Crippen molar-refractivity contribution in [1.29, 1.82) is 0 Å². The second-order valence-electron chi connectivity index (χ2n) is 6.77. The number of likely N-dealkylation sites (tertiary alicyclic amines) is 1. The molecular formula is C21H26N2O4S. The molecule has 1 N–H and O–H groups in total. The molecule has 1 saturated heterocycles. The molecule has 1 unspecified atom stereocenters. The van der Waals surface area contributed by atoms with Crippen LogP contribution >= 0.6 is 11.3 Å². The minimum Gasteiger partial charge on any atom is -0.491 e. The minimum absolute atomic E-state index is 0.00380. The first kappa shape index (κ1) is 20.4. The minimum atomic E-state index is -0.158. The van der Waals surface area contributed by atoms with E-state index in [-0.39, 0.29) is 17.7 Å². The monoisotopic (exact) mass is 402 g/mol. The third-order valence-corrected chi connectivity index (χ3v) is 5.62. The first-order valence-electron chi connectivity index (χ1n) is 9.48. The van der Waals surface area contributed by atoms with Crippen LogP contribution in [0.1, 0.15) is 28.1 Å². The van der Waals surface area contributed by atoms with Crippen molar-refractivity contribution in [3.8, 4) is 5.75 Å². The molecule has 0 radical (unpaired) electrons. The van der Waals surface area contributed by atoms with Crippen LogP contribution in [0.3, 0.4) is 0 Å². The predicted octanol–water partition coefficient (Wildman–Crippen LogP) is 2.94. The number of nitrogens with zero attached hydrogens (tertiary/aromatic N) is 1. The molecule has 2 amide bonds. The molecule has 0 aliphatic carbocycles. The van der Waals surface area contributed by atoms with E-state index in [1.807, 2.05) is 41.8 Å². The Morgan fingerprint density at radius 1 is 1.21 bits per heavy atom. The lowest BCUT2D eigenvalue weighted by molar-refractivity contribution is -0.126. The van der Waals surface area contributed by atoms with Crippen LogP contribution in [0.25, 0.3) is 0 Å². The van der Waals surface area contributed by atoms with Gasteiger partial charge in [0.15, 0.2) is 0 Å². The van der Waals surface area contributed by atoms with Crippen LogP contribution in [0.2, 0.25) is 0 Å². The molecule has 1 aliphatic rings. The second kappa shape index (κ2) is 10.2. The van der Waals surface area contributed by atoms with Gasteiger partial charge >= 0.3 is 0 Å². The average Bonchev–Trinajstić information content (AvgIpc) is 3.27. The molecule has 2 aromatic rings. The first-order valence-corrected chi connectivity index (χ1v) is 10.4. The third-order valence-electron chi connectivity index (χ3n) is 4.76. The number of benzene rings is 1. The summed E-state index contributed by atoms with van der Waals surface area (Å²) in [5.41, 5.74) is 1.01. The third kappa shape index (κ3) is 5.56. The van der Waals surface area contributed by atoms with Gasteiger partial charge in [0.25, 0.3) is 5.91 Å². The molecule has 6 nitrogen and oxygen atoms in total. The van der Waals surface area contributed by atoms with Crippen molar-refractivity contribution < 1.29 is 19.1 Å². The van der Waals surface area contributed by atoms with Gasteiger partial charge in [0.2, 0.25) is 5.91 Å². The summed E-state index contributed by atoms with van der Waals surface area (Å²) in [6.45, 7) is 2.71. The topological polar surface area (TPSA) is 67.9 Å². The lowest BCUT2D eigenvalue weighted by atomic mass is 9.97. The molecule has 150 valence electrons. The second-order valence-corrected chi connectivity index (χ2v) is 7.72. The number of methoxy groups -OCH3 is 1. The fraction of sp³-hybridized carbons (Fsp3) is 0.429. The number of piperidine rings is 1. The quantitative estimate of drug-likeness (QED) is 0.690. The molecule has 1 aromatic carbocycles. The van der Waals surface area contributed by atoms with E-state index < -0.39 is 0 Å². The van der Waals surface area contributed by atoms with Crippen molar-refractivity contribution in [3.05, 3.63) is 52.2 Å². The normalized spacial score (nSPS) is 16.6. The molecule has 0 spiro atoms. The van der Waals surface area contributed by atoms with Crippen LogP contribution in [0, 0.1) is 5.92 Å². The van der Waals surface area contributed by atoms with E-state index in [1.54, 1.807) is 12.0 Å². The maximum absolute atomic E-state index is 12.6. The lowest BCUT2D eigenvalue weighted by Crippen LogP contribution is -2.45. The summed E-state index contributed by atoms with van der Waals surface area (Å²) < 4.78 is 10.5. The van der Waals surface area contributed by atoms with Crippen molar-refractivity contribution in [2.24, 2.45) is 5.92 Å². The Kier molecular flexibility index (Phi) is 7.45. The Balaban J connectivity index is 1.47. The van der Waals surface area contributed by atoms with Crippen LogP contribution in [0.15, 0.2) is 41.8 Å². The van der Waals surface area contributed by atoms with E-state index in [1.165, 1.54) is 11.3 Å². The number of carbonyl (C=O) groups excluding carboxylic acids is 2. The highest BCUT2D eigenvalue weighted by atomic mass is 32.1. The average molecular weight is 403 g/mol. The van der Waals surface area contributed by atoms with Crippen LogP contribution in [-0.4, -0.2) is 50.1 Å². The van der Waals surface area contributed by atoms with Crippen LogP contribution in [-0.2, 0) is 16.1 Å². The summed E-state index contributed by atoms with van der Waals surface area (Å²) in [6.07, 6.45) is 1.66. The van der Waals surface area contributed by atoms with Crippen LogP contribution in [0.4, 0.5) is 0 Å². The largest absolute Gasteiger partial charge is 0.491 e. The van der Waals surface area contributed by atoms with Gasteiger partial charge in [-0.25, -0.2) is 0 Å². The Morgan fingerprint density at radius 3 is 2.75 bits per heavy atom. The number of ether oxygens (including phenoxy) is 2. The van der Waals surface area contributed by atoms with E-state index in [0.717, 1.165) is 29.0 Å². The SMILES string of the molecule is COCCOc1ccc(CNC(=O)C2CCCN(C(=O)c3cccs3)C2)cc1. The Hall–Kier alpha value is -2.38. The van der Waals surface area contributed by atoms with Crippen LogP contribution in [0.5, 0.6) is 5.75 Å². The van der Waals surface area contributed by atoms with Gasteiger partial charge in [-0.3, -0.25) is 9.59 Å². The fourth-order valence-electron chi connectivity index (χ4n) is 3.21. The molecule has 1 atom stereocenters. The van der Waals surface area contributed by atoms with Crippen molar-refractivity contribution in [1.82, 2.24) is 10.2 Å². The molecule has 1 aromatic heterocycles. The molecule has 28 heavy (non-hydrogen) atoms. The molecule has 1 fully saturated rings. The maximum atomic E-state index is 12.6. The van der Waals surface area contributed by atoms with Gasteiger partial charge in [-0.15, -0.1) is 11.3 Å². The zero-order chi connectivity index (χ0) is 19.8. The molecule has 0 bridgehead atoms. The molecule has 1 aliphatic heterocycles. The standard InChI is InChI=1S/C21H26N2O4S/c1-26-11-12-27-18-8-6-16(7-9-18)14-22-20(24)17-4-2-10-23(15-17)21(25)19-5-3-13-28-19/h3,5-9,13,17H,2,4,10-12,14-15H2,1H3,(H,22,24). The van der Waals surface area contributed by atoms with E-state index in [9.17, 15) is 9.59 Å². The van der Waals surface area contributed by atoms with E-state index in [0.29, 0.717) is 32.8 Å². The number of thiophene rings is 1. The predicted molar refractivity (Wildman–Crippen MR) is 109 cm³/mol. The highest BCUT2D eigenvalue weighted by Gasteiger charge is 2.29. The zero-order valence-electron chi connectivity index (χ0n) is 16.1. The van der Waals surface area contributed by atoms with Gasteiger partial charge in [0.05, 0.1) is 17.4 Å². The smallest absolute Gasteiger partial charge is 0.263 e. The van der Waals surface area contributed by atoms with Crippen molar-refractivity contribution >= 4 is 23.2 Å². The van der Waals surface area contributed by atoms with Gasteiger partial charge in [-0.05, 0) is 42.0 Å². The molecule has 2 heterocycles. The highest BCUT2D eigenvalue weighted by molar-refractivity contribution is 7.12. The summed E-state index contributed by atoms with van der Waals surface area (Å²) in [6, 6.07) is 11.4. The maximum Gasteiger partial charge on any atom is 0.263 e. The van der Waals surface area contributed by atoms with Gasteiger partial charge in [-0.2, -0.15) is 0 Å². The highest BCUT2D eigenvalue weighted by Crippen LogP contribution is 2.21. The van der Waals surface area contributed by atoms with Crippen molar-refractivity contribution in [2.75, 3.05) is 33.4 Å². The molecular weight excluding hydrogens is 376 g/mol. The fourth-order valence-corrected chi connectivity index (χ4v) is 3.90. The zero-order valence-corrected chi connectivity index (χ0v) is 16.9. The summed E-state index contributed by atoms with van der Waals surface area (Å²) in [4.78, 5) is 27.6. The molecule has 0 saturated carbocycles. The summed E-state index contributed by atoms with van der Waals surface area (Å²) in [5.74, 6) is 0.650. The summed E-state index contributed by atoms with van der Waals surface area (Å²) in [7, 11) is 1.64. The number of carbonyl (C=O) groups is 2. The summed E-state index contributed by atoms with van der Waals surface area (Å²) >= 11 is 1.44. The molecule has 3 rings (SSSR count). The Bertz CT molecular complexity index is 761. The van der Waals surface area contributed by atoms with Crippen molar-refractivity contribution in [3.63, 3.8) is 0 Å². The number of rotatable bonds is 8. The number of hydrogen-bond donors (Lipinski definition) is 1. The molecule has 7 heteroatoms. The van der Waals surface area contributed by atoms with Crippen LogP contribution < -0.4 is 10.1 Å². The van der Waals surface area contributed by atoms with Gasteiger partial charge in [0, 0.05) is 26.7 Å². The number of nitrogens with one attached hydrogen (secondary N) is 1. The van der Waals surface area contributed by atoms with E-state index in [2.05, 4.69) is 5.32 Å². The van der Waals surface area contributed by atoms with E-state index in [4.69, 9.17) is 9.47 Å². The van der Waals surface area contributed by atoms with Crippen molar-refractivity contribution in [2.45, 2.75) is 19.4 Å². The Morgan fingerprint density at radius 2 is 2.04 bits per heavy atom. The van der Waals surface area contributed by atoms with Gasteiger partial charge in [0.1, 0.15) is 12.4 Å². The van der Waals surface area contributed by atoms with Gasteiger partial charge in [-0.1, -0.05) is 18.2 Å². The Labute approximate surface area is 169 Å². The number of amides is 2. The summed E-state index contributed by atoms with van der Waals surface area (Å²) in [5, 5.41) is 4.90. The number of hydrogen-bond acceptors (Lipinski definition) is 5. The lowest BCUT2D eigenvalue weighted by Gasteiger charge is -2.31. The van der Waals surface area contributed by atoms with E-state index >= 15 is 0 Å². The van der Waals surface area contributed by atoms with Gasteiger partial charge < -0.3 is 19.7 Å². The first-order chi connectivity index (χ1) is 13.7.